The summed E-state index contributed by atoms with van der Waals surface area (Å²) in [6.45, 7) is 1.88. The molecule has 2 aromatic carbocycles. The number of amides is 1. The number of thioether (sulfide) groups is 1. The lowest BCUT2D eigenvalue weighted by atomic mass is 10.1. The largest absolute Gasteiger partial charge is 0.338 e. The number of rotatable bonds is 6. The summed E-state index contributed by atoms with van der Waals surface area (Å²) in [6, 6.07) is 12.2. The van der Waals surface area contributed by atoms with E-state index >= 15 is 0 Å². The van der Waals surface area contributed by atoms with E-state index in [9.17, 15) is 13.6 Å². The van der Waals surface area contributed by atoms with Crippen molar-refractivity contribution in [3.63, 3.8) is 0 Å². The quantitative estimate of drug-likeness (QED) is 0.583. The molecule has 1 heterocycles. The van der Waals surface area contributed by atoms with Crippen LogP contribution in [0.1, 0.15) is 18.5 Å². The van der Waals surface area contributed by atoms with E-state index < -0.39 is 0 Å². The zero-order valence-corrected chi connectivity index (χ0v) is 16.6. The van der Waals surface area contributed by atoms with Crippen molar-refractivity contribution in [3.8, 4) is 11.4 Å². The van der Waals surface area contributed by atoms with Crippen LogP contribution >= 0.6 is 11.8 Å². The van der Waals surface area contributed by atoms with Gasteiger partial charge in [-0.25, -0.2) is 8.78 Å². The maximum absolute atomic E-state index is 14.0. The average Bonchev–Trinajstić information content (AvgIpc) is 3.06. The molecule has 1 unspecified atom stereocenters. The molecule has 0 fully saturated rings. The van der Waals surface area contributed by atoms with Gasteiger partial charge in [0.15, 0.2) is 11.0 Å². The fraction of sp³-hybridized carbons (Fsp3) is 0.250. The number of aromatic nitrogens is 3. The van der Waals surface area contributed by atoms with Gasteiger partial charge < -0.3 is 9.47 Å². The van der Waals surface area contributed by atoms with Gasteiger partial charge in [-0.2, -0.15) is 0 Å². The van der Waals surface area contributed by atoms with E-state index in [1.54, 1.807) is 53.9 Å². The molecular weight excluding hydrogens is 382 g/mol. The Morgan fingerprint density at radius 1 is 1.14 bits per heavy atom. The first kappa shape index (κ1) is 20.0. The predicted octanol–water partition coefficient (Wildman–Crippen LogP) is 4.07. The second-order valence-corrected chi connectivity index (χ2v) is 7.31. The molecule has 3 aromatic rings. The van der Waals surface area contributed by atoms with Crippen LogP contribution in [0, 0.1) is 11.6 Å². The van der Waals surface area contributed by atoms with Crippen LogP contribution in [0.2, 0.25) is 0 Å². The second kappa shape index (κ2) is 8.52. The van der Waals surface area contributed by atoms with Crippen molar-refractivity contribution in [1.82, 2.24) is 19.7 Å². The smallest absolute Gasteiger partial charge is 0.233 e. The molecule has 0 saturated carbocycles. The molecule has 0 N–H and O–H groups in total. The first-order valence-corrected chi connectivity index (χ1v) is 9.65. The van der Waals surface area contributed by atoms with Gasteiger partial charge >= 0.3 is 0 Å². The van der Waals surface area contributed by atoms with Gasteiger partial charge in [-0.15, -0.1) is 10.2 Å². The molecule has 0 aliphatic heterocycles. The van der Waals surface area contributed by atoms with E-state index in [1.165, 1.54) is 30.0 Å². The molecule has 3 rings (SSSR count). The summed E-state index contributed by atoms with van der Waals surface area (Å²) in [6.07, 6.45) is 0. The number of carbonyl (C=O) groups is 1. The van der Waals surface area contributed by atoms with Crippen molar-refractivity contribution in [2.45, 2.75) is 18.1 Å². The van der Waals surface area contributed by atoms with E-state index in [0.29, 0.717) is 16.5 Å². The Morgan fingerprint density at radius 3 is 2.50 bits per heavy atom. The molecule has 0 radical (unpaired) electrons. The van der Waals surface area contributed by atoms with Crippen molar-refractivity contribution in [3.05, 3.63) is 65.7 Å². The van der Waals surface area contributed by atoms with Crippen LogP contribution < -0.4 is 0 Å². The highest BCUT2D eigenvalue weighted by molar-refractivity contribution is 7.99. The lowest BCUT2D eigenvalue weighted by Gasteiger charge is -2.25. The maximum atomic E-state index is 14.0. The number of halogens is 2. The van der Waals surface area contributed by atoms with E-state index in [0.717, 1.165) is 5.56 Å². The highest BCUT2D eigenvalue weighted by Gasteiger charge is 2.20. The summed E-state index contributed by atoms with van der Waals surface area (Å²) in [5.41, 5.74) is 1.21. The van der Waals surface area contributed by atoms with Gasteiger partial charge in [0.2, 0.25) is 5.91 Å². The number of nitrogens with zero attached hydrogens (tertiary/aromatic N) is 4. The maximum Gasteiger partial charge on any atom is 0.233 e. The van der Waals surface area contributed by atoms with E-state index in [2.05, 4.69) is 10.2 Å². The van der Waals surface area contributed by atoms with Crippen LogP contribution in [0.5, 0.6) is 0 Å². The minimum Gasteiger partial charge on any atom is -0.338 e. The topological polar surface area (TPSA) is 51.0 Å². The van der Waals surface area contributed by atoms with Gasteiger partial charge in [0.05, 0.1) is 17.4 Å². The van der Waals surface area contributed by atoms with Crippen LogP contribution in [0.4, 0.5) is 8.78 Å². The lowest BCUT2D eigenvalue weighted by molar-refractivity contribution is -0.128. The molecule has 1 aromatic heterocycles. The van der Waals surface area contributed by atoms with Crippen LogP contribution in [0.15, 0.2) is 53.7 Å². The van der Waals surface area contributed by atoms with Gasteiger partial charge in [-0.3, -0.25) is 4.79 Å². The highest BCUT2D eigenvalue weighted by atomic mass is 32.2. The normalized spacial score (nSPS) is 12.0. The van der Waals surface area contributed by atoms with Crippen molar-refractivity contribution in [2.24, 2.45) is 7.05 Å². The number of hydrogen-bond acceptors (Lipinski definition) is 4. The fourth-order valence-electron chi connectivity index (χ4n) is 2.73. The minimum atomic E-state index is -0.376. The zero-order valence-electron chi connectivity index (χ0n) is 15.8. The second-order valence-electron chi connectivity index (χ2n) is 6.37. The molecule has 0 spiro atoms. The molecular formula is C20H20F2N4OS. The van der Waals surface area contributed by atoms with E-state index in [-0.39, 0.29) is 29.3 Å². The van der Waals surface area contributed by atoms with Gasteiger partial charge in [0, 0.05) is 14.1 Å². The molecule has 1 amide bonds. The van der Waals surface area contributed by atoms with Gasteiger partial charge in [0.1, 0.15) is 11.6 Å². The third-order valence-corrected chi connectivity index (χ3v) is 5.61. The molecule has 146 valence electrons. The standard InChI is InChI=1S/C20H20F2N4OS/c1-13(14-8-10-15(21)11-9-14)25(2)18(27)12-28-20-24-23-19(26(20)3)16-6-4-5-7-17(16)22/h4-11,13H,12H2,1-3H3. The molecule has 0 aliphatic rings. The first-order chi connectivity index (χ1) is 13.4. The average molecular weight is 402 g/mol. The highest BCUT2D eigenvalue weighted by Crippen LogP contribution is 2.26. The van der Waals surface area contributed by atoms with Crippen LogP contribution in [-0.4, -0.2) is 38.4 Å². The third-order valence-electron chi connectivity index (χ3n) is 4.60. The minimum absolute atomic E-state index is 0.0998. The Balaban J connectivity index is 1.66. The summed E-state index contributed by atoms with van der Waals surface area (Å²) < 4.78 is 28.7. The zero-order chi connectivity index (χ0) is 20.3. The first-order valence-electron chi connectivity index (χ1n) is 8.66. The van der Waals surface area contributed by atoms with Crippen molar-refractivity contribution >= 4 is 17.7 Å². The van der Waals surface area contributed by atoms with Crippen molar-refractivity contribution in [1.29, 1.82) is 0 Å². The van der Waals surface area contributed by atoms with E-state index in [4.69, 9.17) is 0 Å². The molecule has 0 saturated heterocycles. The van der Waals surface area contributed by atoms with Gasteiger partial charge in [-0.1, -0.05) is 36.0 Å². The summed E-state index contributed by atoms with van der Waals surface area (Å²) >= 11 is 1.24. The number of benzene rings is 2. The lowest BCUT2D eigenvalue weighted by Crippen LogP contribution is -2.31. The summed E-state index contributed by atoms with van der Waals surface area (Å²) in [4.78, 5) is 14.2. The Labute approximate surface area is 166 Å². The summed E-state index contributed by atoms with van der Waals surface area (Å²) in [5, 5.41) is 8.65. The fourth-order valence-corrected chi connectivity index (χ4v) is 3.56. The number of hydrogen-bond donors (Lipinski definition) is 0. The third kappa shape index (κ3) is 4.22. The van der Waals surface area contributed by atoms with Crippen LogP contribution in [0.3, 0.4) is 0 Å². The van der Waals surface area contributed by atoms with Crippen molar-refractivity contribution in [2.75, 3.05) is 12.8 Å². The Hall–Kier alpha value is -2.74. The molecule has 28 heavy (non-hydrogen) atoms. The van der Waals surface area contributed by atoms with E-state index in [1.807, 2.05) is 6.92 Å². The Kier molecular flexibility index (Phi) is 6.08. The SMILES string of the molecule is CC(c1ccc(F)cc1)N(C)C(=O)CSc1nnc(-c2ccccc2F)n1C. The monoisotopic (exact) mass is 402 g/mol. The van der Waals surface area contributed by atoms with Crippen LogP contribution in [-0.2, 0) is 11.8 Å². The molecule has 5 nitrogen and oxygen atoms in total. The van der Waals surface area contributed by atoms with Gasteiger partial charge in [0.25, 0.3) is 0 Å². The molecule has 0 aliphatic carbocycles. The van der Waals surface area contributed by atoms with Gasteiger partial charge in [-0.05, 0) is 36.8 Å². The molecule has 8 heteroatoms. The number of carbonyl (C=O) groups excluding carboxylic acids is 1. The Bertz CT molecular complexity index is 975. The summed E-state index contributed by atoms with van der Waals surface area (Å²) in [7, 11) is 3.44. The summed E-state index contributed by atoms with van der Waals surface area (Å²) in [5.74, 6) is -0.226. The predicted molar refractivity (Wildman–Crippen MR) is 105 cm³/mol. The van der Waals surface area contributed by atoms with Crippen LogP contribution in [0.25, 0.3) is 11.4 Å². The molecule has 1 atom stereocenters. The molecule has 0 bridgehead atoms. The van der Waals surface area contributed by atoms with Crippen molar-refractivity contribution < 1.29 is 13.6 Å². The Morgan fingerprint density at radius 2 is 1.82 bits per heavy atom.